The number of aliphatic hydroxyl groups excluding tert-OH is 1. The van der Waals surface area contributed by atoms with Crippen molar-refractivity contribution in [1.29, 1.82) is 0 Å². The number of piperidine rings is 1. The van der Waals surface area contributed by atoms with E-state index >= 15 is 0 Å². The third kappa shape index (κ3) is 2.84. The molecule has 1 aliphatic rings. The molecule has 0 radical (unpaired) electrons. The molecule has 0 aliphatic carbocycles. The van der Waals surface area contributed by atoms with E-state index in [0.717, 1.165) is 32.4 Å². The lowest BCUT2D eigenvalue weighted by molar-refractivity contribution is -0.127. The normalized spacial score (nSPS) is 18.7. The highest BCUT2D eigenvalue weighted by molar-refractivity contribution is 5.87. The van der Waals surface area contributed by atoms with Gasteiger partial charge in [0.15, 0.2) is 0 Å². The number of likely N-dealkylation sites (tertiary alicyclic amines) is 1. The van der Waals surface area contributed by atoms with Gasteiger partial charge in [-0.25, -0.2) is 0 Å². The first-order valence-corrected chi connectivity index (χ1v) is 4.80. The molecule has 74 valence electrons. The first-order valence-electron chi connectivity index (χ1n) is 4.80. The van der Waals surface area contributed by atoms with Crippen LogP contribution < -0.4 is 0 Å². The van der Waals surface area contributed by atoms with Crippen molar-refractivity contribution in [2.24, 2.45) is 5.92 Å². The van der Waals surface area contributed by atoms with E-state index in [9.17, 15) is 4.79 Å². The van der Waals surface area contributed by atoms with E-state index in [1.165, 1.54) is 6.08 Å². The summed E-state index contributed by atoms with van der Waals surface area (Å²) in [4.78, 5) is 13.0. The lowest BCUT2D eigenvalue weighted by Gasteiger charge is -2.30. The Labute approximate surface area is 79.0 Å². The second-order valence-corrected chi connectivity index (χ2v) is 3.49. The first kappa shape index (κ1) is 10.3. The minimum atomic E-state index is 0.0300. The summed E-state index contributed by atoms with van der Waals surface area (Å²) in [5, 5.41) is 8.74. The molecule has 1 saturated heterocycles. The van der Waals surface area contributed by atoms with Gasteiger partial charge in [0.1, 0.15) is 0 Å². The number of rotatable bonds is 3. The highest BCUT2D eigenvalue weighted by atomic mass is 16.3. The third-order valence-corrected chi connectivity index (χ3v) is 2.64. The maximum absolute atomic E-state index is 11.2. The average molecular weight is 183 g/mol. The van der Waals surface area contributed by atoms with E-state index < -0.39 is 0 Å². The predicted molar refractivity (Wildman–Crippen MR) is 51.2 cm³/mol. The third-order valence-electron chi connectivity index (χ3n) is 2.64. The average Bonchev–Trinajstić information content (AvgIpc) is 2.18. The maximum Gasteiger partial charge on any atom is 0.245 e. The quantitative estimate of drug-likeness (QED) is 0.657. The number of carbonyl (C=O) groups excluding carboxylic acids is 1. The number of nitrogens with zero attached hydrogens (tertiary/aromatic N) is 1. The van der Waals surface area contributed by atoms with E-state index in [-0.39, 0.29) is 12.5 Å². The van der Waals surface area contributed by atoms with Gasteiger partial charge in [-0.3, -0.25) is 4.79 Å². The number of amides is 1. The number of carbonyl (C=O) groups is 1. The molecule has 13 heavy (non-hydrogen) atoms. The van der Waals surface area contributed by atoms with Crippen LogP contribution in [0.2, 0.25) is 0 Å². The van der Waals surface area contributed by atoms with Gasteiger partial charge < -0.3 is 10.0 Å². The van der Waals surface area contributed by atoms with E-state index in [1.54, 1.807) is 0 Å². The van der Waals surface area contributed by atoms with E-state index in [4.69, 9.17) is 5.11 Å². The SMILES string of the molecule is C=CC(=O)N1CCC(CCO)CC1. The predicted octanol–water partition coefficient (Wildman–Crippen LogP) is 0.793. The van der Waals surface area contributed by atoms with Crippen LogP contribution in [0, 0.1) is 5.92 Å². The van der Waals surface area contributed by atoms with Gasteiger partial charge in [0.05, 0.1) is 0 Å². The molecule has 0 bridgehead atoms. The van der Waals surface area contributed by atoms with Crippen molar-refractivity contribution in [2.45, 2.75) is 19.3 Å². The monoisotopic (exact) mass is 183 g/mol. The van der Waals surface area contributed by atoms with Gasteiger partial charge >= 0.3 is 0 Å². The minimum absolute atomic E-state index is 0.0300. The fraction of sp³-hybridized carbons (Fsp3) is 0.700. The van der Waals surface area contributed by atoms with Crippen LogP contribution >= 0.6 is 0 Å². The maximum atomic E-state index is 11.2. The second kappa shape index (κ2) is 5.02. The fourth-order valence-corrected chi connectivity index (χ4v) is 1.75. The van der Waals surface area contributed by atoms with Crippen molar-refractivity contribution in [3.63, 3.8) is 0 Å². The number of aliphatic hydroxyl groups is 1. The Hall–Kier alpha value is -0.830. The Morgan fingerprint density at radius 1 is 1.54 bits per heavy atom. The van der Waals surface area contributed by atoms with Crippen molar-refractivity contribution < 1.29 is 9.90 Å². The molecule has 0 spiro atoms. The van der Waals surface area contributed by atoms with Crippen LogP contribution in [-0.4, -0.2) is 35.6 Å². The zero-order valence-electron chi connectivity index (χ0n) is 7.91. The summed E-state index contributed by atoms with van der Waals surface area (Å²) in [7, 11) is 0. The van der Waals surface area contributed by atoms with E-state index in [1.807, 2.05) is 4.90 Å². The molecule has 1 aliphatic heterocycles. The molecule has 0 aromatic heterocycles. The van der Waals surface area contributed by atoms with Gasteiger partial charge in [-0.15, -0.1) is 0 Å². The fourth-order valence-electron chi connectivity index (χ4n) is 1.75. The van der Waals surface area contributed by atoms with Gasteiger partial charge in [0.2, 0.25) is 5.91 Å². The lowest BCUT2D eigenvalue weighted by atomic mass is 9.94. The Kier molecular flexibility index (Phi) is 3.96. The minimum Gasteiger partial charge on any atom is -0.396 e. The molecule has 0 aromatic carbocycles. The summed E-state index contributed by atoms with van der Waals surface area (Å²) < 4.78 is 0. The molecular weight excluding hydrogens is 166 g/mol. The second-order valence-electron chi connectivity index (χ2n) is 3.49. The van der Waals surface area contributed by atoms with Crippen LogP contribution in [0.1, 0.15) is 19.3 Å². The van der Waals surface area contributed by atoms with Crippen molar-refractivity contribution in [2.75, 3.05) is 19.7 Å². The Morgan fingerprint density at radius 3 is 2.62 bits per heavy atom. The van der Waals surface area contributed by atoms with Crippen molar-refractivity contribution in [3.8, 4) is 0 Å². The van der Waals surface area contributed by atoms with Gasteiger partial charge in [0.25, 0.3) is 0 Å². The van der Waals surface area contributed by atoms with Crippen LogP contribution in [0.4, 0.5) is 0 Å². The first-order chi connectivity index (χ1) is 6.27. The number of hydrogen-bond donors (Lipinski definition) is 1. The largest absolute Gasteiger partial charge is 0.396 e. The Bertz CT molecular complexity index is 183. The van der Waals surface area contributed by atoms with Crippen LogP contribution in [0.3, 0.4) is 0 Å². The van der Waals surface area contributed by atoms with Gasteiger partial charge in [-0.1, -0.05) is 6.58 Å². The number of hydrogen-bond acceptors (Lipinski definition) is 2. The standard InChI is InChI=1S/C10H17NO2/c1-2-10(13)11-6-3-9(4-7-11)5-8-12/h2,9,12H,1,3-8H2. The topological polar surface area (TPSA) is 40.5 Å². The summed E-state index contributed by atoms with van der Waals surface area (Å²) in [5.74, 6) is 0.626. The highest BCUT2D eigenvalue weighted by Crippen LogP contribution is 2.19. The van der Waals surface area contributed by atoms with E-state index in [2.05, 4.69) is 6.58 Å². The van der Waals surface area contributed by atoms with Crippen LogP contribution in [0.5, 0.6) is 0 Å². The zero-order chi connectivity index (χ0) is 9.68. The molecule has 0 unspecified atom stereocenters. The molecule has 3 heteroatoms. The summed E-state index contributed by atoms with van der Waals surface area (Å²) in [6, 6.07) is 0. The van der Waals surface area contributed by atoms with Crippen molar-refractivity contribution >= 4 is 5.91 Å². The van der Waals surface area contributed by atoms with Gasteiger partial charge in [-0.2, -0.15) is 0 Å². The van der Waals surface area contributed by atoms with Crippen molar-refractivity contribution in [1.82, 2.24) is 4.90 Å². The lowest BCUT2D eigenvalue weighted by Crippen LogP contribution is -2.37. The zero-order valence-corrected chi connectivity index (χ0v) is 7.91. The summed E-state index contributed by atoms with van der Waals surface area (Å²) in [6.07, 6.45) is 4.27. The summed E-state index contributed by atoms with van der Waals surface area (Å²) in [5.41, 5.74) is 0. The summed E-state index contributed by atoms with van der Waals surface area (Å²) >= 11 is 0. The molecule has 1 N–H and O–H groups in total. The van der Waals surface area contributed by atoms with Crippen LogP contribution in [-0.2, 0) is 4.79 Å². The molecule has 3 nitrogen and oxygen atoms in total. The molecule has 1 fully saturated rings. The Morgan fingerprint density at radius 2 is 2.15 bits per heavy atom. The van der Waals surface area contributed by atoms with E-state index in [0.29, 0.717) is 5.92 Å². The van der Waals surface area contributed by atoms with Crippen LogP contribution in [0.15, 0.2) is 12.7 Å². The smallest absolute Gasteiger partial charge is 0.245 e. The van der Waals surface area contributed by atoms with Gasteiger partial charge in [0, 0.05) is 19.7 Å². The molecule has 1 heterocycles. The van der Waals surface area contributed by atoms with Crippen LogP contribution in [0.25, 0.3) is 0 Å². The molecule has 1 amide bonds. The van der Waals surface area contributed by atoms with Gasteiger partial charge in [-0.05, 0) is 31.3 Å². The molecule has 0 atom stereocenters. The molecular formula is C10H17NO2. The highest BCUT2D eigenvalue weighted by Gasteiger charge is 2.20. The molecule has 0 aromatic rings. The summed E-state index contributed by atoms with van der Waals surface area (Å²) in [6.45, 7) is 5.35. The molecule has 1 rings (SSSR count). The van der Waals surface area contributed by atoms with Crippen molar-refractivity contribution in [3.05, 3.63) is 12.7 Å². The molecule has 0 saturated carbocycles. The Balaban J connectivity index is 2.30.